The Kier molecular flexibility index (Phi) is 13.3. The van der Waals surface area contributed by atoms with E-state index in [1.165, 1.54) is 14.7 Å². The Labute approximate surface area is 439 Å². The third-order valence-corrected chi connectivity index (χ3v) is 15.6. The fourth-order valence-corrected chi connectivity index (χ4v) is 12.0. The number of nitrogens with zero attached hydrogens (tertiary/aromatic N) is 3. The van der Waals surface area contributed by atoms with Crippen LogP contribution >= 0.6 is 0 Å². The molecule has 18 nitrogen and oxygen atoms in total. The average Bonchev–Trinajstić information content (AvgIpc) is 4.28. The molecule has 5 aromatic carbocycles. The number of alkyl carbamates (subject to hydrolysis) is 2. The Morgan fingerprint density at radius 1 is 0.737 bits per heavy atom. The van der Waals surface area contributed by atoms with E-state index >= 15 is 14.4 Å². The molecule has 4 aliphatic heterocycles. The first-order valence-electron chi connectivity index (χ1n) is 25.5. The Bertz CT molecular complexity index is 3130. The lowest BCUT2D eigenvalue weighted by atomic mass is 9.81. The Balaban J connectivity index is 0.942. The van der Waals surface area contributed by atoms with Gasteiger partial charge in [-0.2, -0.15) is 0 Å². The molecule has 1 aliphatic carbocycles. The number of hydrogen-bond donors (Lipinski definition) is 3. The van der Waals surface area contributed by atoms with E-state index in [0.29, 0.717) is 11.1 Å². The summed E-state index contributed by atoms with van der Waals surface area (Å²) in [5.74, 6) is -4.62. The van der Waals surface area contributed by atoms with Gasteiger partial charge in [-0.15, -0.1) is 0 Å². The molecule has 6 amide bonds. The summed E-state index contributed by atoms with van der Waals surface area (Å²) in [6.07, 6.45) is -3.13. The maximum Gasteiger partial charge on any atom is 0.408 e. The van der Waals surface area contributed by atoms with Crippen molar-refractivity contribution in [2.45, 2.75) is 113 Å². The van der Waals surface area contributed by atoms with Crippen molar-refractivity contribution in [3.63, 3.8) is 0 Å². The van der Waals surface area contributed by atoms with Gasteiger partial charge in [0, 0.05) is 31.7 Å². The molecule has 1 spiro atoms. The smallest absolute Gasteiger partial charge is 0.408 e. The lowest BCUT2D eigenvalue weighted by Crippen LogP contribution is -2.72. The summed E-state index contributed by atoms with van der Waals surface area (Å²) in [6, 6.07) is 33.7. The summed E-state index contributed by atoms with van der Waals surface area (Å²) in [7, 11) is 1.14. The monoisotopic (exact) mass is 1030 g/mol. The fourth-order valence-electron chi connectivity index (χ4n) is 12.0. The molecule has 76 heavy (non-hydrogen) atoms. The second-order valence-electron chi connectivity index (χ2n) is 21.3. The molecule has 3 N–H and O–H groups in total. The zero-order valence-electron chi connectivity index (χ0n) is 43.0. The Morgan fingerprint density at radius 3 is 2.07 bits per heavy atom. The molecule has 4 saturated heterocycles. The van der Waals surface area contributed by atoms with Crippen molar-refractivity contribution in [1.82, 2.24) is 30.7 Å². The number of carbonyl (C=O) groups is 8. The van der Waals surface area contributed by atoms with Crippen LogP contribution in [-0.2, 0) is 60.9 Å². The summed E-state index contributed by atoms with van der Waals surface area (Å²) in [6.45, 7) is 5.44. The highest BCUT2D eigenvalue weighted by Crippen LogP contribution is 2.47. The normalized spacial score (nSPS) is 24.0. The highest BCUT2D eigenvalue weighted by atomic mass is 16.6. The third-order valence-electron chi connectivity index (χ3n) is 15.6. The van der Waals surface area contributed by atoms with E-state index in [0.717, 1.165) is 40.1 Å². The molecular formula is C58H60N6O12. The van der Waals surface area contributed by atoms with Gasteiger partial charge in [0.1, 0.15) is 48.0 Å². The maximum absolute atomic E-state index is 15.8. The largest absolute Gasteiger partial charge is 0.467 e. The number of esters is 2. The lowest BCUT2D eigenvalue weighted by molar-refractivity contribution is -0.173. The van der Waals surface area contributed by atoms with Crippen LogP contribution in [0.5, 0.6) is 0 Å². The van der Waals surface area contributed by atoms with Gasteiger partial charge >= 0.3 is 24.1 Å². The molecule has 1 unspecified atom stereocenters. The first kappa shape index (κ1) is 51.2. The minimum Gasteiger partial charge on any atom is -0.467 e. The number of hydrogen-bond acceptors (Lipinski definition) is 12. The number of carbonyl (C=O) groups excluding carboxylic acids is 8. The summed E-state index contributed by atoms with van der Waals surface area (Å²) in [4.78, 5) is 120. The quantitative estimate of drug-likeness (QED) is 0.0931. The molecule has 0 bridgehead atoms. The van der Waals surface area contributed by atoms with Crippen LogP contribution < -0.4 is 16.0 Å². The minimum absolute atomic E-state index is 0.0592. The summed E-state index contributed by atoms with van der Waals surface area (Å²) >= 11 is 0. The van der Waals surface area contributed by atoms with Crippen LogP contribution in [0.25, 0.3) is 21.9 Å². The van der Waals surface area contributed by atoms with Crippen molar-refractivity contribution in [1.29, 1.82) is 0 Å². The number of nitrogens with one attached hydrogen (secondary N) is 3. The van der Waals surface area contributed by atoms with Crippen molar-refractivity contribution in [2.75, 3.05) is 26.8 Å². The Morgan fingerprint density at radius 2 is 1.38 bits per heavy atom. The molecule has 4 heterocycles. The highest BCUT2D eigenvalue weighted by Gasteiger charge is 2.68. The van der Waals surface area contributed by atoms with Gasteiger partial charge < -0.3 is 49.6 Å². The number of amides is 6. The standard InChI is InChI=1S/C58H60N6O12/c1-6-58(27-44(49(67)76-55(2,3)4)59-53(71)74-31-35-17-8-7-9-18-35)51(69)63-33-56(29-46(63)48(66)64(58)30-37-21-16-20-36-19-10-11-22-38(36)37)50(68)62-34-57(52(70)73-5,28-45(62)47(65)60-56)61-54(72)75-32-43-41-25-14-12-23-39(41)40-24-13-15-26-42(40)43/h7-26,43-46H,6,27-34H2,1-5H3,(H,59,71)(H,60,65)(H,61,72)/t44-,45?,46-,56-,57-,58+/m0/s1. The van der Waals surface area contributed by atoms with E-state index in [4.69, 9.17) is 18.9 Å². The van der Waals surface area contributed by atoms with Gasteiger partial charge in [0.2, 0.25) is 17.7 Å². The second-order valence-corrected chi connectivity index (χ2v) is 21.3. The molecule has 6 atom stereocenters. The molecule has 18 heteroatoms. The number of rotatable bonds is 13. The van der Waals surface area contributed by atoms with Gasteiger partial charge in [-0.05, 0) is 71.3 Å². The first-order valence-corrected chi connectivity index (χ1v) is 25.5. The molecule has 0 radical (unpaired) electrons. The highest BCUT2D eigenvalue weighted by molar-refractivity contribution is 6.07. The topological polar surface area (TPSA) is 219 Å². The summed E-state index contributed by atoms with van der Waals surface area (Å²) in [5, 5.41) is 9.88. The molecule has 5 aliphatic rings. The SMILES string of the molecule is CC[C@@]1(C[C@H](NC(=O)OCc2ccccc2)C(=O)OC(C)(C)C)C(=O)N2C[C@]3(C[C@H]2C(=O)N1Cc1cccc2ccccc12)NC(=O)C1C[C@@](NC(=O)OCC2c4ccccc4-c4ccccc42)(C(=O)OC)CN1C3=O. The fraction of sp³-hybridized carbons (Fsp3) is 0.379. The minimum atomic E-state index is -1.92. The van der Waals surface area contributed by atoms with E-state index in [-0.39, 0.29) is 44.9 Å². The first-order chi connectivity index (χ1) is 36.4. The number of ether oxygens (including phenoxy) is 4. The Hall–Kier alpha value is -8.28. The predicted octanol–water partition coefficient (Wildman–Crippen LogP) is 5.88. The van der Waals surface area contributed by atoms with Crippen LogP contribution in [0.2, 0.25) is 0 Å². The molecule has 0 saturated carbocycles. The van der Waals surface area contributed by atoms with Crippen LogP contribution in [-0.4, -0.2) is 130 Å². The molecule has 0 aromatic heterocycles. The zero-order chi connectivity index (χ0) is 53.7. The van der Waals surface area contributed by atoms with Gasteiger partial charge in [-0.3, -0.25) is 19.2 Å². The second kappa shape index (κ2) is 19.8. The van der Waals surface area contributed by atoms with Crippen LogP contribution in [0.3, 0.4) is 0 Å². The number of methoxy groups -OCH3 is 1. The third kappa shape index (κ3) is 9.12. The van der Waals surface area contributed by atoms with Crippen molar-refractivity contribution in [3.8, 4) is 11.1 Å². The molecular weight excluding hydrogens is 973 g/mol. The van der Waals surface area contributed by atoms with E-state index in [2.05, 4.69) is 16.0 Å². The van der Waals surface area contributed by atoms with Gasteiger partial charge in [0.25, 0.3) is 5.91 Å². The van der Waals surface area contributed by atoms with Gasteiger partial charge in [-0.1, -0.05) is 128 Å². The van der Waals surface area contributed by atoms with E-state index < -0.39 is 108 Å². The van der Waals surface area contributed by atoms with Crippen molar-refractivity contribution < 1.29 is 57.3 Å². The van der Waals surface area contributed by atoms with Crippen molar-refractivity contribution >= 4 is 58.5 Å². The number of fused-ring (bicyclic) bond motifs is 6. The molecule has 4 fully saturated rings. The van der Waals surface area contributed by atoms with Crippen LogP contribution in [0.1, 0.15) is 81.5 Å². The maximum atomic E-state index is 15.8. The summed E-state index contributed by atoms with van der Waals surface area (Å²) < 4.78 is 22.4. The van der Waals surface area contributed by atoms with Gasteiger partial charge in [0.05, 0.1) is 20.2 Å². The van der Waals surface area contributed by atoms with Crippen molar-refractivity contribution in [3.05, 3.63) is 144 Å². The van der Waals surface area contributed by atoms with Gasteiger partial charge in [-0.25, -0.2) is 19.2 Å². The van der Waals surface area contributed by atoms with E-state index in [9.17, 15) is 24.0 Å². The predicted molar refractivity (Wildman–Crippen MR) is 276 cm³/mol. The lowest BCUT2D eigenvalue weighted by Gasteiger charge is -2.51. The van der Waals surface area contributed by atoms with E-state index in [1.807, 2.05) is 97.1 Å². The van der Waals surface area contributed by atoms with Gasteiger partial charge in [0.15, 0.2) is 5.54 Å². The van der Waals surface area contributed by atoms with E-state index in [1.54, 1.807) is 52.0 Å². The molecule has 394 valence electrons. The average molecular weight is 1030 g/mol. The molecule has 5 aromatic rings. The van der Waals surface area contributed by atoms with Crippen LogP contribution in [0, 0.1) is 0 Å². The van der Waals surface area contributed by atoms with Crippen molar-refractivity contribution in [2.24, 2.45) is 0 Å². The molecule has 10 rings (SSSR count). The van der Waals surface area contributed by atoms with Crippen LogP contribution in [0.4, 0.5) is 9.59 Å². The number of benzene rings is 5. The number of piperazine rings is 2. The van der Waals surface area contributed by atoms with Crippen LogP contribution in [0.15, 0.2) is 121 Å². The summed E-state index contributed by atoms with van der Waals surface area (Å²) in [5.41, 5.74) is -1.30. The zero-order valence-corrected chi connectivity index (χ0v) is 43.0.